The number of aliphatic imine (C=N–C) groups is 2. The van der Waals surface area contributed by atoms with E-state index in [1.165, 1.54) is 0 Å². The van der Waals surface area contributed by atoms with Crippen molar-refractivity contribution in [3.63, 3.8) is 0 Å². The summed E-state index contributed by atoms with van der Waals surface area (Å²) in [5.74, 6) is 1.08. The summed E-state index contributed by atoms with van der Waals surface area (Å²) >= 11 is 0. The molecule has 4 aromatic rings. The molecular weight excluding hydrogens is 422 g/mol. The summed E-state index contributed by atoms with van der Waals surface area (Å²) in [7, 11) is 0. The highest BCUT2D eigenvalue weighted by atomic mass is 16.5. The quantitative estimate of drug-likeness (QED) is 0.387. The number of aromatic nitrogens is 1. The number of benzene rings is 3. The van der Waals surface area contributed by atoms with Gasteiger partial charge in [-0.15, -0.1) is 0 Å². The van der Waals surface area contributed by atoms with Gasteiger partial charge in [0.15, 0.2) is 6.10 Å². The molecule has 3 aromatic carbocycles. The maximum absolute atomic E-state index is 6.42. The van der Waals surface area contributed by atoms with Gasteiger partial charge in [-0.1, -0.05) is 97.1 Å². The normalized spacial score (nSPS) is 21.4. The molecule has 5 heteroatoms. The van der Waals surface area contributed by atoms with Crippen LogP contribution in [0.4, 0.5) is 0 Å². The van der Waals surface area contributed by atoms with Crippen LogP contribution in [0, 0.1) is 0 Å². The van der Waals surface area contributed by atoms with E-state index in [-0.39, 0.29) is 18.2 Å². The van der Waals surface area contributed by atoms with Crippen molar-refractivity contribution in [3.05, 3.63) is 137 Å². The van der Waals surface area contributed by atoms with Crippen LogP contribution < -0.4 is 0 Å². The van der Waals surface area contributed by atoms with Crippen molar-refractivity contribution in [2.75, 3.05) is 6.61 Å². The largest absolute Gasteiger partial charge is 0.474 e. The van der Waals surface area contributed by atoms with Gasteiger partial charge in [0.25, 0.3) is 0 Å². The molecule has 166 valence electrons. The first-order valence-electron chi connectivity index (χ1n) is 11.4. The summed E-state index contributed by atoms with van der Waals surface area (Å²) < 4.78 is 12.3. The number of hydrogen-bond acceptors (Lipinski definition) is 5. The highest BCUT2D eigenvalue weighted by molar-refractivity contribution is 5.97. The first-order valence-corrected chi connectivity index (χ1v) is 11.4. The molecular formula is C29H23N3O2. The Kier molecular flexibility index (Phi) is 5.36. The fourth-order valence-electron chi connectivity index (χ4n) is 4.36. The van der Waals surface area contributed by atoms with E-state index in [9.17, 15) is 0 Å². The Morgan fingerprint density at radius 1 is 0.559 bits per heavy atom. The molecule has 0 N–H and O–H groups in total. The second-order valence-electron chi connectivity index (χ2n) is 8.32. The van der Waals surface area contributed by atoms with Crippen LogP contribution in [0.1, 0.15) is 46.3 Å². The number of rotatable bonds is 5. The van der Waals surface area contributed by atoms with Crippen molar-refractivity contribution in [2.45, 2.75) is 18.2 Å². The predicted octanol–water partition coefficient (Wildman–Crippen LogP) is 5.86. The van der Waals surface area contributed by atoms with Crippen molar-refractivity contribution in [2.24, 2.45) is 9.98 Å². The van der Waals surface area contributed by atoms with E-state index in [1.807, 2.05) is 72.8 Å². The Morgan fingerprint density at radius 2 is 1.15 bits per heavy atom. The number of ether oxygens (including phenoxy) is 2. The highest BCUT2D eigenvalue weighted by Crippen LogP contribution is 2.40. The monoisotopic (exact) mass is 445 g/mol. The lowest BCUT2D eigenvalue weighted by Crippen LogP contribution is -2.12. The SMILES string of the molecule is c1ccc([C@H]2OC(c3cccc(C4=N[C@@H](c5ccccc5)CO4)n3)=N[C@H]2c2ccccc2)cc1. The van der Waals surface area contributed by atoms with E-state index < -0.39 is 0 Å². The van der Waals surface area contributed by atoms with Gasteiger partial charge in [-0.3, -0.25) is 0 Å². The second-order valence-corrected chi connectivity index (χ2v) is 8.32. The van der Waals surface area contributed by atoms with Crippen molar-refractivity contribution < 1.29 is 9.47 Å². The molecule has 2 aliphatic rings. The Balaban J connectivity index is 1.32. The zero-order chi connectivity index (χ0) is 22.7. The lowest BCUT2D eigenvalue weighted by molar-refractivity contribution is 0.196. The first kappa shape index (κ1) is 20.4. The van der Waals surface area contributed by atoms with Crippen molar-refractivity contribution in [1.29, 1.82) is 0 Å². The molecule has 3 heterocycles. The van der Waals surface area contributed by atoms with Crippen LogP contribution in [0.25, 0.3) is 0 Å². The van der Waals surface area contributed by atoms with E-state index >= 15 is 0 Å². The molecule has 0 fully saturated rings. The smallest absolute Gasteiger partial charge is 0.236 e. The third kappa shape index (κ3) is 3.97. The predicted molar refractivity (Wildman–Crippen MR) is 132 cm³/mol. The molecule has 0 saturated carbocycles. The number of hydrogen-bond donors (Lipinski definition) is 0. The zero-order valence-electron chi connectivity index (χ0n) is 18.5. The average molecular weight is 446 g/mol. The molecule has 2 aliphatic heterocycles. The molecule has 3 atom stereocenters. The van der Waals surface area contributed by atoms with Crippen LogP contribution in [0.5, 0.6) is 0 Å². The van der Waals surface area contributed by atoms with Crippen molar-refractivity contribution in [1.82, 2.24) is 4.98 Å². The Labute approximate surface area is 198 Å². The maximum Gasteiger partial charge on any atom is 0.236 e. The van der Waals surface area contributed by atoms with Gasteiger partial charge in [0.05, 0.1) is 0 Å². The summed E-state index contributed by atoms with van der Waals surface area (Å²) in [4.78, 5) is 14.5. The van der Waals surface area contributed by atoms with Gasteiger partial charge in [0, 0.05) is 0 Å². The van der Waals surface area contributed by atoms with E-state index in [0.717, 1.165) is 16.7 Å². The van der Waals surface area contributed by atoms with Crippen LogP contribution in [0.2, 0.25) is 0 Å². The van der Waals surface area contributed by atoms with E-state index in [1.54, 1.807) is 0 Å². The first-order chi connectivity index (χ1) is 16.8. The molecule has 0 amide bonds. The zero-order valence-corrected chi connectivity index (χ0v) is 18.5. The lowest BCUT2D eigenvalue weighted by Gasteiger charge is -2.18. The molecule has 0 bridgehead atoms. The van der Waals surface area contributed by atoms with Gasteiger partial charge in [-0.25, -0.2) is 15.0 Å². The van der Waals surface area contributed by atoms with Gasteiger partial charge in [0.2, 0.25) is 11.8 Å². The van der Waals surface area contributed by atoms with Crippen LogP contribution >= 0.6 is 0 Å². The number of nitrogens with zero attached hydrogens (tertiary/aromatic N) is 3. The number of pyridine rings is 1. The minimum atomic E-state index is -0.216. The summed E-state index contributed by atoms with van der Waals surface area (Å²) in [5.41, 5.74) is 4.68. The lowest BCUT2D eigenvalue weighted by atomic mass is 9.97. The maximum atomic E-state index is 6.42. The minimum Gasteiger partial charge on any atom is -0.474 e. The van der Waals surface area contributed by atoms with Crippen LogP contribution in [0.15, 0.2) is 119 Å². The van der Waals surface area contributed by atoms with Gasteiger partial charge < -0.3 is 9.47 Å². The van der Waals surface area contributed by atoms with E-state index in [4.69, 9.17) is 24.4 Å². The fourth-order valence-corrected chi connectivity index (χ4v) is 4.36. The third-order valence-corrected chi connectivity index (χ3v) is 6.07. The Bertz CT molecular complexity index is 1340. The van der Waals surface area contributed by atoms with Crippen LogP contribution in [0.3, 0.4) is 0 Å². The van der Waals surface area contributed by atoms with Gasteiger partial charge in [0.1, 0.15) is 30.1 Å². The fraction of sp³-hybridized carbons (Fsp3) is 0.138. The van der Waals surface area contributed by atoms with Crippen molar-refractivity contribution in [3.8, 4) is 0 Å². The average Bonchev–Trinajstić information content (AvgIpc) is 3.59. The third-order valence-electron chi connectivity index (χ3n) is 6.07. The van der Waals surface area contributed by atoms with Gasteiger partial charge >= 0.3 is 0 Å². The molecule has 5 nitrogen and oxygen atoms in total. The van der Waals surface area contributed by atoms with Gasteiger partial charge in [-0.05, 0) is 28.8 Å². The van der Waals surface area contributed by atoms with Crippen LogP contribution in [-0.2, 0) is 9.47 Å². The molecule has 0 radical (unpaired) electrons. The second kappa shape index (κ2) is 8.94. The molecule has 1 aromatic heterocycles. The van der Waals surface area contributed by atoms with Crippen LogP contribution in [-0.4, -0.2) is 23.4 Å². The topological polar surface area (TPSA) is 56.1 Å². The Morgan fingerprint density at radius 3 is 1.82 bits per heavy atom. The molecule has 0 saturated heterocycles. The minimum absolute atomic E-state index is 0.0216. The van der Waals surface area contributed by atoms with Gasteiger partial charge in [-0.2, -0.15) is 0 Å². The molecule has 0 unspecified atom stereocenters. The summed E-state index contributed by atoms with van der Waals surface area (Å²) in [6, 6.07) is 36.2. The summed E-state index contributed by atoms with van der Waals surface area (Å²) in [5, 5.41) is 0. The summed E-state index contributed by atoms with van der Waals surface area (Å²) in [6.07, 6.45) is -0.216. The summed E-state index contributed by atoms with van der Waals surface area (Å²) in [6.45, 7) is 0.509. The molecule has 34 heavy (non-hydrogen) atoms. The molecule has 6 rings (SSSR count). The Hall–Kier alpha value is -4.25. The molecule has 0 aliphatic carbocycles. The van der Waals surface area contributed by atoms with E-state index in [2.05, 4.69) is 36.4 Å². The standard InChI is InChI=1S/C29H23N3O2/c1-4-11-20(12-5-1)25-19-33-28(31-25)23-17-10-18-24(30-23)29-32-26(21-13-6-2-7-14-21)27(34-29)22-15-8-3-9-16-22/h1-18,25-27H,19H2/t25-,26+,27-/m1/s1. The van der Waals surface area contributed by atoms with E-state index in [0.29, 0.717) is 29.8 Å². The van der Waals surface area contributed by atoms with Crippen molar-refractivity contribution >= 4 is 11.8 Å². The molecule has 0 spiro atoms. The highest BCUT2D eigenvalue weighted by Gasteiger charge is 2.35.